The fourth-order valence-corrected chi connectivity index (χ4v) is 0.689. The first-order valence-corrected chi connectivity index (χ1v) is 7.95. The molecule has 0 saturated heterocycles. The van der Waals surface area contributed by atoms with Gasteiger partial charge in [-0.1, -0.05) is 28.0 Å². The molecule has 0 amide bonds. The fraction of sp³-hybridized carbons (Fsp3) is 0.667. The summed E-state index contributed by atoms with van der Waals surface area (Å²) in [5, 5.41) is 0. The van der Waals surface area contributed by atoms with Crippen LogP contribution >= 0.6 is 0 Å². The van der Waals surface area contributed by atoms with Crippen molar-refractivity contribution < 1.29 is 9.36 Å². The largest absolute Gasteiger partial charge is 0.859 e. The zero-order valence-corrected chi connectivity index (χ0v) is 10.2. The third-order valence-corrected chi connectivity index (χ3v) is 1.19. The van der Waals surface area contributed by atoms with Gasteiger partial charge in [0.2, 0.25) is 6.33 Å². The molecule has 0 aliphatic rings. The molecule has 0 atom stereocenters. The van der Waals surface area contributed by atoms with Gasteiger partial charge in [-0.15, -0.1) is 0 Å². The average molecular weight is 200 g/mol. The number of imidazole rings is 1. The minimum Gasteiger partial charge on any atom is -0.859 e. The molecule has 0 spiro atoms. The number of hydrogen-bond acceptors (Lipinski definition) is 1. The van der Waals surface area contributed by atoms with E-state index in [4.69, 9.17) is 0 Å². The van der Waals surface area contributed by atoms with Crippen LogP contribution in [-0.2, 0) is 13.6 Å². The van der Waals surface area contributed by atoms with Gasteiger partial charge in [-0.2, -0.15) is 0 Å². The van der Waals surface area contributed by atoms with Gasteiger partial charge < -0.3 is 4.80 Å². The highest BCUT2D eigenvalue weighted by Crippen LogP contribution is 1.82. The van der Waals surface area contributed by atoms with Crippen LogP contribution in [0.1, 0.15) is 6.92 Å². The Morgan fingerprint density at radius 2 is 1.85 bits per heavy atom. The molecule has 3 nitrogen and oxygen atoms in total. The van der Waals surface area contributed by atoms with Gasteiger partial charge in [-0.25, -0.2) is 9.13 Å². The molecule has 0 bridgehead atoms. The molecular formula is C9H20N2OSi. The molecule has 0 N–H and O–H groups in total. The summed E-state index contributed by atoms with van der Waals surface area (Å²) in [7, 11) is 0.159. The molecule has 1 rings (SSSR count). The van der Waals surface area contributed by atoms with Gasteiger partial charge in [-0.05, 0) is 6.92 Å². The van der Waals surface area contributed by atoms with Crippen LogP contribution < -0.4 is 9.36 Å². The molecule has 0 aliphatic carbocycles. The summed E-state index contributed by atoms with van der Waals surface area (Å²) in [6.07, 6.45) is 6.14. The summed E-state index contributed by atoms with van der Waals surface area (Å²) in [5.41, 5.74) is 0. The third-order valence-electron chi connectivity index (χ3n) is 1.19. The Bertz CT molecular complexity index is 234. The van der Waals surface area contributed by atoms with Crippen LogP contribution in [0, 0.1) is 0 Å². The standard InChI is InChI=1S/C6H11N2.C3H9OSi/c1-3-8-5-4-7(2)6-8;1-5(2,3)4/h4-6H,3H2,1-2H3;1-3H3/q+1;-1. The first-order valence-electron chi connectivity index (χ1n) is 4.54. The van der Waals surface area contributed by atoms with E-state index in [9.17, 15) is 4.80 Å². The molecule has 1 aromatic rings. The molecule has 1 heterocycles. The van der Waals surface area contributed by atoms with Crippen LogP contribution in [0.3, 0.4) is 0 Å². The lowest BCUT2D eigenvalue weighted by molar-refractivity contribution is -0.671. The van der Waals surface area contributed by atoms with E-state index in [1.54, 1.807) is 19.6 Å². The smallest absolute Gasteiger partial charge is 0.243 e. The summed E-state index contributed by atoms with van der Waals surface area (Å²) in [5.74, 6) is 0. The maximum Gasteiger partial charge on any atom is 0.243 e. The zero-order chi connectivity index (χ0) is 10.5. The Kier molecular flexibility index (Phi) is 4.94. The maximum absolute atomic E-state index is 10.2. The normalized spacial score (nSPS) is 10.6. The molecule has 0 aliphatic heterocycles. The van der Waals surface area contributed by atoms with Crippen molar-refractivity contribution >= 4 is 8.32 Å². The fourth-order valence-electron chi connectivity index (χ4n) is 0.689. The van der Waals surface area contributed by atoms with Gasteiger partial charge in [0.1, 0.15) is 12.4 Å². The summed E-state index contributed by atoms with van der Waals surface area (Å²) in [6, 6.07) is 0. The lowest BCUT2D eigenvalue weighted by atomic mass is 10.7. The van der Waals surface area contributed by atoms with Crippen LogP contribution in [0.4, 0.5) is 0 Å². The van der Waals surface area contributed by atoms with E-state index in [1.165, 1.54) is 0 Å². The van der Waals surface area contributed by atoms with Crippen molar-refractivity contribution in [2.75, 3.05) is 0 Å². The van der Waals surface area contributed by atoms with Crippen molar-refractivity contribution in [1.82, 2.24) is 4.57 Å². The van der Waals surface area contributed by atoms with E-state index in [0.717, 1.165) is 6.54 Å². The maximum atomic E-state index is 10.2. The number of aromatic nitrogens is 2. The SMILES string of the molecule is CCn1cc[n+](C)c1.C[Si](C)(C)[O-]. The molecule has 0 unspecified atom stereocenters. The molecular weight excluding hydrogens is 180 g/mol. The number of hydrogen-bond donors (Lipinski definition) is 0. The lowest BCUT2D eigenvalue weighted by Crippen LogP contribution is -2.38. The summed E-state index contributed by atoms with van der Waals surface area (Å²) in [6.45, 7) is 8.49. The van der Waals surface area contributed by atoms with E-state index < -0.39 is 8.32 Å². The molecule has 0 aromatic carbocycles. The van der Waals surface area contributed by atoms with Crippen molar-refractivity contribution in [2.45, 2.75) is 33.1 Å². The average Bonchev–Trinajstić information content (AvgIpc) is 2.31. The Morgan fingerprint density at radius 3 is 2.00 bits per heavy atom. The minimum atomic E-state index is -1.86. The van der Waals surface area contributed by atoms with Crippen molar-refractivity contribution in [3.63, 3.8) is 0 Å². The third kappa shape index (κ3) is 9.30. The van der Waals surface area contributed by atoms with Crippen LogP contribution in [0.25, 0.3) is 0 Å². The van der Waals surface area contributed by atoms with Crippen molar-refractivity contribution in [3.8, 4) is 0 Å². The highest BCUT2D eigenvalue weighted by atomic mass is 28.4. The molecule has 1 aromatic heterocycles. The van der Waals surface area contributed by atoms with Crippen molar-refractivity contribution in [3.05, 3.63) is 18.7 Å². The first kappa shape index (κ1) is 12.4. The van der Waals surface area contributed by atoms with Gasteiger partial charge in [0.15, 0.2) is 0 Å². The molecule has 76 valence electrons. The second-order valence-corrected chi connectivity index (χ2v) is 8.25. The first-order chi connectivity index (χ1) is 5.83. The minimum absolute atomic E-state index is 1.06. The topological polar surface area (TPSA) is 31.9 Å². The van der Waals surface area contributed by atoms with Crippen molar-refractivity contribution in [2.24, 2.45) is 7.05 Å². The molecule has 13 heavy (non-hydrogen) atoms. The predicted molar refractivity (Wildman–Crippen MR) is 54.6 cm³/mol. The second-order valence-electron chi connectivity index (χ2n) is 4.02. The molecule has 0 radical (unpaired) electrons. The van der Waals surface area contributed by atoms with Crippen molar-refractivity contribution in [1.29, 1.82) is 0 Å². The molecule has 4 heteroatoms. The van der Waals surface area contributed by atoms with E-state index in [1.807, 2.05) is 17.8 Å². The molecule has 0 fully saturated rings. The summed E-state index contributed by atoms with van der Waals surface area (Å²) < 4.78 is 4.16. The Labute approximate surface area is 81.8 Å². The van der Waals surface area contributed by atoms with E-state index in [0.29, 0.717) is 0 Å². The van der Waals surface area contributed by atoms with E-state index >= 15 is 0 Å². The monoisotopic (exact) mass is 200 g/mol. The van der Waals surface area contributed by atoms with Crippen LogP contribution in [0.15, 0.2) is 18.7 Å². The Morgan fingerprint density at radius 1 is 1.38 bits per heavy atom. The Balaban J connectivity index is 0.000000252. The number of rotatable bonds is 1. The predicted octanol–water partition coefficient (Wildman–Crippen LogP) is 0.514. The van der Waals surface area contributed by atoms with Crippen LogP contribution in [-0.4, -0.2) is 12.9 Å². The molecule has 0 saturated carbocycles. The highest BCUT2D eigenvalue weighted by Gasteiger charge is 1.92. The van der Waals surface area contributed by atoms with Gasteiger partial charge in [-0.3, -0.25) is 0 Å². The quantitative estimate of drug-likeness (QED) is 0.480. The lowest BCUT2D eigenvalue weighted by Gasteiger charge is -2.21. The van der Waals surface area contributed by atoms with Crippen LogP contribution in [0.5, 0.6) is 0 Å². The number of aryl methyl sites for hydroxylation is 2. The van der Waals surface area contributed by atoms with Gasteiger partial charge >= 0.3 is 0 Å². The van der Waals surface area contributed by atoms with E-state index in [2.05, 4.69) is 24.0 Å². The Hall–Kier alpha value is -0.613. The number of nitrogens with zero attached hydrogens (tertiary/aromatic N) is 2. The zero-order valence-electron chi connectivity index (χ0n) is 9.24. The van der Waals surface area contributed by atoms with Crippen LogP contribution in [0.2, 0.25) is 19.6 Å². The van der Waals surface area contributed by atoms with E-state index in [-0.39, 0.29) is 0 Å². The summed E-state index contributed by atoms with van der Waals surface area (Å²) >= 11 is 0. The van der Waals surface area contributed by atoms with Gasteiger partial charge in [0, 0.05) is 0 Å². The van der Waals surface area contributed by atoms with Gasteiger partial charge in [0.25, 0.3) is 0 Å². The van der Waals surface area contributed by atoms with Gasteiger partial charge in [0.05, 0.1) is 13.6 Å². The second kappa shape index (κ2) is 5.19. The highest BCUT2D eigenvalue weighted by molar-refractivity contribution is 6.66. The summed E-state index contributed by atoms with van der Waals surface area (Å²) in [4.78, 5) is 10.2.